The topological polar surface area (TPSA) is 103 Å². The fraction of sp³-hybridized carbons (Fsp3) is 0.172. The highest BCUT2D eigenvalue weighted by molar-refractivity contribution is 5.92. The summed E-state index contributed by atoms with van der Waals surface area (Å²) in [6, 6.07) is 18.9. The number of rotatable bonds is 8. The molecule has 9 nitrogen and oxygen atoms in total. The maximum Gasteiger partial charge on any atom is 0.269 e. The number of pyridine rings is 2. The molecule has 0 aliphatic heterocycles. The molecule has 0 atom stereocenters. The molecule has 5 rings (SSSR count). The molecule has 0 bridgehead atoms. The van der Waals surface area contributed by atoms with Gasteiger partial charge in [-0.05, 0) is 56.3 Å². The van der Waals surface area contributed by atoms with E-state index in [-0.39, 0.29) is 17.7 Å². The van der Waals surface area contributed by atoms with Gasteiger partial charge in [-0.2, -0.15) is 0 Å². The molecule has 0 fully saturated rings. The summed E-state index contributed by atoms with van der Waals surface area (Å²) in [6.07, 6.45) is 5.16. The minimum Gasteiger partial charge on any atom is -0.490 e. The van der Waals surface area contributed by atoms with Crippen LogP contribution in [0.4, 0.5) is 11.6 Å². The number of aromatic nitrogens is 4. The van der Waals surface area contributed by atoms with Crippen LogP contribution in [0.1, 0.15) is 24.3 Å². The molecule has 1 amide bonds. The highest BCUT2D eigenvalue weighted by Gasteiger charge is 2.14. The molecule has 0 radical (unpaired) electrons. The number of fused-ring (bicyclic) bond motifs is 1. The van der Waals surface area contributed by atoms with E-state index < -0.39 is 0 Å². The maximum atomic E-state index is 11.9. The Morgan fingerprint density at radius 2 is 1.84 bits per heavy atom. The zero-order chi connectivity index (χ0) is 26.6. The molecule has 0 spiro atoms. The van der Waals surface area contributed by atoms with E-state index in [0.29, 0.717) is 17.4 Å². The van der Waals surface area contributed by atoms with Crippen molar-refractivity contribution >= 4 is 28.6 Å². The lowest BCUT2D eigenvalue weighted by Crippen LogP contribution is -2.18. The van der Waals surface area contributed by atoms with Crippen LogP contribution in [0, 0.1) is 0 Å². The van der Waals surface area contributed by atoms with Gasteiger partial charge in [-0.25, -0.2) is 4.98 Å². The van der Waals surface area contributed by atoms with Crippen molar-refractivity contribution in [2.75, 3.05) is 12.4 Å². The van der Waals surface area contributed by atoms with Crippen LogP contribution in [-0.2, 0) is 7.05 Å². The van der Waals surface area contributed by atoms with Gasteiger partial charge in [0, 0.05) is 61.6 Å². The third-order valence-electron chi connectivity index (χ3n) is 5.85. The number of carbonyl (C=O) groups excluding carboxylic acids is 1. The van der Waals surface area contributed by atoms with Crippen molar-refractivity contribution < 1.29 is 14.3 Å². The van der Waals surface area contributed by atoms with E-state index in [4.69, 9.17) is 14.5 Å². The van der Waals surface area contributed by atoms with Crippen molar-refractivity contribution in [2.24, 2.45) is 7.05 Å². The summed E-state index contributed by atoms with van der Waals surface area (Å²) in [5.74, 6) is 2.31. The second-order valence-corrected chi connectivity index (χ2v) is 8.95. The van der Waals surface area contributed by atoms with Crippen molar-refractivity contribution in [2.45, 2.75) is 20.0 Å². The summed E-state index contributed by atoms with van der Waals surface area (Å²) in [5, 5.41) is 5.99. The Kier molecular flexibility index (Phi) is 6.90. The number of carbonyl (C=O) groups is 1. The fourth-order valence-corrected chi connectivity index (χ4v) is 4.06. The second-order valence-electron chi connectivity index (χ2n) is 8.95. The molecule has 9 heteroatoms. The first-order valence-corrected chi connectivity index (χ1v) is 12.2. The number of nitrogens with zero attached hydrogens (tertiary/aromatic N) is 4. The smallest absolute Gasteiger partial charge is 0.269 e. The molecule has 0 aliphatic carbocycles. The van der Waals surface area contributed by atoms with Crippen LogP contribution in [-0.4, -0.2) is 38.6 Å². The molecule has 38 heavy (non-hydrogen) atoms. The average Bonchev–Trinajstić information content (AvgIpc) is 3.23. The van der Waals surface area contributed by atoms with E-state index in [1.807, 2.05) is 80.2 Å². The fourth-order valence-electron chi connectivity index (χ4n) is 4.06. The van der Waals surface area contributed by atoms with E-state index in [1.54, 1.807) is 31.6 Å². The minimum absolute atomic E-state index is 0.0445. The van der Waals surface area contributed by atoms with Crippen molar-refractivity contribution in [1.82, 2.24) is 24.8 Å². The van der Waals surface area contributed by atoms with Gasteiger partial charge in [-0.1, -0.05) is 6.07 Å². The van der Waals surface area contributed by atoms with Gasteiger partial charge >= 0.3 is 0 Å². The van der Waals surface area contributed by atoms with E-state index in [2.05, 4.69) is 20.6 Å². The van der Waals surface area contributed by atoms with Gasteiger partial charge in [0.05, 0.1) is 17.1 Å². The molecule has 0 saturated carbocycles. The summed E-state index contributed by atoms with van der Waals surface area (Å²) < 4.78 is 14.0. The summed E-state index contributed by atoms with van der Waals surface area (Å²) in [5.41, 5.74) is 4.77. The Bertz CT molecular complexity index is 1600. The highest BCUT2D eigenvalue weighted by Crippen LogP contribution is 2.34. The van der Waals surface area contributed by atoms with Gasteiger partial charge in [-0.15, -0.1) is 0 Å². The highest BCUT2D eigenvalue weighted by atomic mass is 16.5. The molecule has 0 unspecified atom stereocenters. The molecule has 192 valence electrons. The van der Waals surface area contributed by atoms with E-state index in [1.165, 1.54) is 0 Å². The number of aryl methyl sites for hydroxylation is 1. The molecular weight excluding hydrogens is 480 g/mol. The van der Waals surface area contributed by atoms with Crippen molar-refractivity contribution in [1.29, 1.82) is 0 Å². The standard InChI is InChI=1S/C29H28N6O3/c1-18(2)37-27-10-7-20(14-23(27)19-6-5-12-31-17-19)33-29-34-24-15-21(8-9-26(24)35(29)4)38-22-11-13-32-25(16-22)28(36)30-3/h5-18H,1-4H3,(H,30,36)(H,33,34). The van der Waals surface area contributed by atoms with Crippen molar-refractivity contribution in [3.63, 3.8) is 0 Å². The molecule has 0 aliphatic rings. The number of benzene rings is 2. The van der Waals surface area contributed by atoms with Gasteiger partial charge in [0.25, 0.3) is 5.91 Å². The van der Waals surface area contributed by atoms with E-state index in [9.17, 15) is 4.79 Å². The number of nitrogens with one attached hydrogen (secondary N) is 2. The van der Waals surface area contributed by atoms with Crippen LogP contribution in [0.5, 0.6) is 17.2 Å². The Labute approximate surface area is 220 Å². The average molecular weight is 509 g/mol. The first-order valence-electron chi connectivity index (χ1n) is 12.2. The number of amides is 1. The maximum absolute atomic E-state index is 11.9. The Balaban J connectivity index is 1.42. The third kappa shape index (κ3) is 5.27. The van der Waals surface area contributed by atoms with Crippen LogP contribution in [0.15, 0.2) is 79.3 Å². The number of hydrogen-bond acceptors (Lipinski definition) is 7. The molecule has 0 saturated heterocycles. The van der Waals surface area contributed by atoms with Crippen LogP contribution in [0.2, 0.25) is 0 Å². The zero-order valence-electron chi connectivity index (χ0n) is 21.6. The normalized spacial score (nSPS) is 11.0. The predicted molar refractivity (Wildman–Crippen MR) is 147 cm³/mol. The zero-order valence-corrected chi connectivity index (χ0v) is 21.6. The Hall–Kier alpha value is -4.92. The Morgan fingerprint density at radius 3 is 2.61 bits per heavy atom. The molecule has 5 aromatic rings. The SMILES string of the molecule is CNC(=O)c1cc(Oc2ccc3c(c2)nc(Nc2ccc(OC(C)C)c(-c4cccnc4)c2)n3C)ccn1. The summed E-state index contributed by atoms with van der Waals surface area (Å²) in [6.45, 7) is 4.01. The first kappa shape index (κ1) is 24.8. The van der Waals surface area contributed by atoms with Crippen molar-refractivity contribution in [3.05, 3.63) is 84.9 Å². The van der Waals surface area contributed by atoms with Gasteiger partial charge in [0.2, 0.25) is 5.95 Å². The van der Waals surface area contributed by atoms with Crippen LogP contribution in [0.25, 0.3) is 22.2 Å². The molecule has 2 N–H and O–H groups in total. The van der Waals surface area contributed by atoms with Gasteiger partial charge in [0.15, 0.2) is 0 Å². The number of imidazole rings is 1. The number of ether oxygens (including phenoxy) is 2. The lowest BCUT2D eigenvalue weighted by atomic mass is 10.1. The third-order valence-corrected chi connectivity index (χ3v) is 5.85. The quantitative estimate of drug-likeness (QED) is 0.277. The summed E-state index contributed by atoms with van der Waals surface area (Å²) >= 11 is 0. The van der Waals surface area contributed by atoms with Crippen LogP contribution >= 0.6 is 0 Å². The van der Waals surface area contributed by atoms with E-state index >= 15 is 0 Å². The van der Waals surface area contributed by atoms with Crippen LogP contribution in [0.3, 0.4) is 0 Å². The number of hydrogen-bond donors (Lipinski definition) is 2. The monoisotopic (exact) mass is 508 g/mol. The van der Waals surface area contributed by atoms with Crippen molar-refractivity contribution in [3.8, 4) is 28.4 Å². The molecule has 3 heterocycles. The lowest BCUT2D eigenvalue weighted by molar-refractivity contribution is 0.0958. The summed E-state index contributed by atoms with van der Waals surface area (Å²) in [7, 11) is 3.51. The molecule has 2 aromatic carbocycles. The largest absolute Gasteiger partial charge is 0.490 e. The lowest BCUT2D eigenvalue weighted by Gasteiger charge is -2.16. The first-order chi connectivity index (χ1) is 18.4. The minimum atomic E-state index is -0.276. The number of anilines is 2. The molecular formula is C29H28N6O3. The van der Waals surface area contributed by atoms with Gasteiger partial charge < -0.3 is 24.7 Å². The Morgan fingerprint density at radius 1 is 1.00 bits per heavy atom. The molecule has 3 aromatic heterocycles. The second kappa shape index (κ2) is 10.6. The van der Waals surface area contributed by atoms with E-state index in [0.717, 1.165) is 33.6 Å². The summed E-state index contributed by atoms with van der Waals surface area (Å²) in [4.78, 5) is 25.0. The van der Waals surface area contributed by atoms with Gasteiger partial charge in [-0.3, -0.25) is 14.8 Å². The van der Waals surface area contributed by atoms with Gasteiger partial charge in [0.1, 0.15) is 22.9 Å². The van der Waals surface area contributed by atoms with Crippen LogP contribution < -0.4 is 20.1 Å². The predicted octanol–water partition coefficient (Wildman–Crippen LogP) is 5.71.